The van der Waals surface area contributed by atoms with Gasteiger partial charge in [0.25, 0.3) is 0 Å². The van der Waals surface area contributed by atoms with E-state index in [2.05, 4.69) is 10.6 Å². The van der Waals surface area contributed by atoms with Crippen LogP contribution in [0, 0.1) is 0 Å². The summed E-state index contributed by atoms with van der Waals surface area (Å²) in [6.07, 6.45) is 3.11. The number of carbonyl (C=O) groups is 1. The van der Waals surface area contributed by atoms with E-state index in [4.69, 9.17) is 4.74 Å². The predicted molar refractivity (Wildman–Crippen MR) is 65.8 cm³/mol. The van der Waals surface area contributed by atoms with Crippen molar-refractivity contribution in [2.45, 2.75) is 44.2 Å². The van der Waals surface area contributed by atoms with Gasteiger partial charge in [0.1, 0.15) is 0 Å². The van der Waals surface area contributed by atoms with E-state index in [9.17, 15) is 9.90 Å². The van der Waals surface area contributed by atoms with Crippen molar-refractivity contribution in [2.24, 2.45) is 0 Å². The molecule has 5 heteroatoms. The Hall–Kier alpha value is -0.650. The lowest BCUT2D eigenvalue weighted by molar-refractivity contribution is -0.128. The molecule has 1 aliphatic rings. The van der Waals surface area contributed by atoms with Gasteiger partial charge in [0, 0.05) is 13.7 Å². The van der Waals surface area contributed by atoms with Crippen LogP contribution < -0.4 is 10.6 Å². The molecule has 2 unspecified atom stereocenters. The second-order valence-electron chi connectivity index (χ2n) is 4.87. The van der Waals surface area contributed by atoms with Crippen LogP contribution in [0.2, 0.25) is 0 Å². The monoisotopic (exact) mass is 244 g/mol. The number of aliphatic hydroxyl groups is 1. The van der Waals surface area contributed by atoms with Gasteiger partial charge in [0.15, 0.2) is 0 Å². The zero-order chi connectivity index (χ0) is 12.7. The fraction of sp³-hybridized carbons (Fsp3) is 0.917. The van der Waals surface area contributed by atoms with Crippen molar-refractivity contribution >= 4 is 5.91 Å². The van der Waals surface area contributed by atoms with Gasteiger partial charge >= 0.3 is 0 Å². The van der Waals surface area contributed by atoms with Gasteiger partial charge < -0.3 is 20.5 Å². The van der Waals surface area contributed by atoms with E-state index in [0.29, 0.717) is 19.6 Å². The molecule has 1 aliphatic heterocycles. The van der Waals surface area contributed by atoms with Gasteiger partial charge in [-0.2, -0.15) is 0 Å². The molecule has 1 saturated heterocycles. The Kier molecular flexibility index (Phi) is 5.88. The largest absolute Gasteiger partial charge is 0.391 e. The molecular formula is C12H24N2O3. The maximum atomic E-state index is 12.0. The van der Waals surface area contributed by atoms with E-state index in [1.54, 1.807) is 7.11 Å². The summed E-state index contributed by atoms with van der Waals surface area (Å²) in [5, 5.41) is 15.6. The van der Waals surface area contributed by atoms with Crippen LogP contribution in [0.3, 0.4) is 0 Å². The summed E-state index contributed by atoms with van der Waals surface area (Å²) in [4.78, 5) is 12.0. The summed E-state index contributed by atoms with van der Waals surface area (Å²) in [6.45, 7) is 3.63. The predicted octanol–water partition coefficient (Wildman–Crippen LogP) is 0.0322. The first-order chi connectivity index (χ1) is 8.08. The average molecular weight is 244 g/mol. The lowest BCUT2D eigenvalue weighted by atomic mass is 9.90. The average Bonchev–Trinajstić information content (AvgIpc) is 2.30. The maximum Gasteiger partial charge on any atom is 0.240 e. The lowest BCUT2D eigenvalue weighted by Gasteiger charge is -2.33. The molecule has 100 valence electrons. The number of methoxy groups -OCH3 is 1. The van der Waals surface area contributed by atoms with Gasteiger partial charge in [0.05, 0.1) is 18.2 Å². The van der Waals surface area contributed by atoms with Crippen molar-refractivity contribution in [3.63, 3.8) is 0 Å². The summed E-state index contributed by atoms with van der Waals surface area (Å²) in [5.41, 5.74) is -0.440. The van der Waals surface area contributed by atoms with Crippen LogP contribution in [0.15, 0.2) is 0 Å². The fourth-order valence-electron chi connectivity index (χ4n) is 2.07. The molecule has 1 heterocycles. The maximum absolute atomic E-state index is 12.0. The minimum absolute atomic E-state index is 0.0295. The number of hydrogen-bond donors (Lipinski definition) is 3. The number of amides is 1. The van der Waals surface area contributed by atoms with Crippen molar-refractivity contribution in [3.05, 3.63) is 0 Å². The van der Waals surface area contributed by atoms with Crippen LogP contribution in [0.5, 0.6) is 0 Å². The van der Waals surface area contributed by atoms with Gasteiger partial charge in [-0.3, -0.25) is 4.79 Å². The van der Waals surface area contributed by atoms with Crippen LogP contribution in [0.4, 0.5) is 0 Å². The molecule has 0 spiro atoms. The first-order valence-electron chi connectivity index (χ1n) is 6.29. The van der Waals surface area contributed by atoms with Gasteiger partial charge in [0.2, 0.25) is 5.91 Å². The summed E-state index contributed by atoms with van der Waals surface area (Å²) in [6, 6.07) is 0. The second-order valence-corrected chi connectivity index (χ2v) is 4.87. The zero-order valence-corrected chi connectivity index (χ0v) is 10.8. The number of hydrogen-bond acceptors (Lipinski definition) is 4. The highest BCUT2D eigenvalue weighted by atomic mass is 16.5. The molecule has 0 aromatic rings. The van der Waals surface area contributed by atoms with Gasteiger partial charge in [-0.1, -0.05) is 0 Å². The first-order valence-corrected chi connectivity index (χ1v) is 6.29. The molecule has 0 radical (unpaired) electrons. The van der Waals surface area contributed by atoms with Crippen LogP contribution in [-0.4, -0.2) is 49.5 Å². The van der Waals surface area contributed by atoms with Gasteiger partial charge in [-0.05, 0) is 39.2 Å². The number of rotatable bonds is 6. The lowest BCUT2D eigenvalue weighted by Crippen LogP contribution is -2.57. The van der Waals surface area contributed by atoms with Crippen molar-refractivity contribution < 1.29 is 14.6 Å². The Morgan fingerprint density at radius 1 is 1.59 bits per heavy atom. The van der Waals surface area contributed by atoms with Crippen molar-refractivity contribution in [1.82, 2.24) is 10.6 Å². The molecule has 5 nitrogen and oxygen atoms in total. The number of nitrogens with one attached hydrogen (secondary N) is 2. The Morgan fingerprint density at radius 3 is 2.94 bits per heavy atom. The van der Waals surface area contributed by atoms with Crippen molar-refractivity contribution in [2.75, 3.05) is 26.8 Å². The smallest absolute Gasteiger partial charge is 0.240 e. The molecule has 0 aromatic carbocycles. The molecule has 1 rings (SSSR count). The summed E-state index contributed by atoms with van der Waals surface area (Å²) in [5.74, 6) is 0.0295. The normalized spacial score (nSPS) is 26.5. The molecule has 17 heavy (non-hydrogen) atoms. The molecule has 0 bridgehead atoms. The quantitative estimate of drug-likeness (QED) is 0.616. The molecule has 1 fully saturated rings. The third-order valence-electron chi connectivity index (χ3n) is 3.24. The minimum atomic E-state index is -0.507. The highest BCUT2D eigenvalue weighted by Crippen LogP contribution is 2.18. The zero-order valence-electron chi connectivity index (χ0n) is 10.8. The number of piperidine rings is 1. The van der Waals surface area contributed by atoms with Gasteiger partial charge in [-0.15, -0.1) is 0 Å². The SMILES string of the molecule is COCC(O)CCNC(=O)C1(C)CCCCN1. The minimum Gasteiger partial charge on any atom is -0.391 e. The topological polar surface area (TPSA) is 70.6 Å². The molecule has 1 amide bonds. The molecule has 0 aromatic heterocycles. The first kappa shape index (κ1) is 14.4. The number of ether oxygens (including phenoxy) is 1. The van der Waals surface area contributed by atoms with Gasteiger partial charge in [-0.25, -0.2) is 0 Å². The van der Waals surface area contributed by atoms with E-state index in [1.165, 1.54) is 0 Å². The standard InChI is InChI=1S/C12H24N2O3/c1-12(6-3-4-7-14-12)11(16)13-8-5-10(15)9-17-2/h10,14-15H,3-9H2,1-2H3,(H,13,16). The molecule has 0 saturated carbocycles. The summed E-state index contributed by atoms with van der Waals surface area (Å²) in [7, 11) is 1.55. The third kappa shape index (κ3) is 4.61. The second kappa shape index (κ2) is 6.93. The van der Waals surface area contributed by atoms with E-state index in [-0.39, 0.29) is 5.91 Å². The number of aliphatic hydroxyl groups excluding tert-OH is 1. The molecule has 0 aliphatic carbocycles. The third-order valence-corrected chi connectivity index (χ3v) is 3.24. The Balaban J connectivity index is 2.24. The van der Waals surface area contributed by atoms with Crippen LogP contribution in [-0.2, 0) is 9.53 Å². The Morgan fingerprint density at radius 2 is 2.35 bits per heavy atom. The van der Waals surface area contributed by atoms with Crippen molar-refractivity contribution in [3.8, 4) is 0 Å². The highest BCUT2D eigenvalue weighted by molar-refractivity contribution is 5.85. The molecule has 2 atom stereocenters. The van der Waals surface area contributed by atoms with Crippen molar-refractivity contribution in [1.29, 1.82) is 0 Å². The van der Waals surface area contributed by atoms with E-state index < -0.39 is 11.6 Å². The van der Waals surface area contributed by atoms with E-state index in [1.807, 2.05) is 6.92 Å². The van der Waals surface area contributed by atoms with Crippen LogP contribution in [0.1, 0.15) is 32.6 Å². The summed E-state index contributed by atoms with van der Waals surface area (Å²) >= 11 is 0. The highest BCUT2D eigenvalue weighted by Gasteiger charge is 2.33. The fourth-order valence-corrected chi connectivity index (χ4v) is 2.07. The molecular weight excluding hydrogens is 220 g/mol. The van der Waals surface area contributed by atoms with E-state index in [0.717, 1.165) is 25.8 Å². The van der Waals surface area contributed by atoms with Crippen LogP contribution >= 0.6 is 0 Å². The van der Waals surface area contributed by atoms with Crippen LogP contribution in [0.25, 0.3) is 0 Å². The Labute approximate surface area is 103 Å². The Bertz CT molecular complexity index is 240. The van der Waals surface area contributed by atoms with E-state index >= 15 is 0 Å². The summed E-state index contributed by atoms with van der Waals surface area (Å²) < 4.78 is 4.82. The number of carbonyl (C=O) groups excluding carboxylic acids is 1. The molecule has 3 N–H and O–H groups in total.